The lowest BCUT2D eigenvalue weighted by atomic mass is 10.1. The summed E-state index contributed by atoms with van der Waals surface area (Å²) < 4.78 is 5.63. The van der Waals surface area contributed by atoms with E-state index in [0.717, 1.165) is 25.1 Å². The first kappa shape index (κ1) is 13.7. The molecule has 0 fully saturated rings. The van der Waals surface area contributed by atoms with Crippen LogP contribution in [-0.4, -0.2) is 23.1 Å². The van der Waals surface area contributed by atoms with E-state index >= 15 is 0 Å². The van der Waals surface area contributed by atoms with E-state index in [2.05, 4.69) is 36.1 Å². The Balaban J connectivity index is 2.55. The Kier molecular flexibility index (Phi) is 5.73. The van der Waals surface area contributed by atoms with Crippen LogP contribution in [0, 0.1) is 12.8 Å². The standard InChI is InChI=1S/C13H23N3O/c1-5-7-14-13-15-11(4)9-12(16-13)17-8-6-10(2)3/h9-10H,5-8H2,1-4H3,(H,14,15,16). The van der Waals surface area contributed by atoms with E-state index in [1.807, 2.05) is 13.0 Å². The monoisotopic (exact) mass is 237 g/mol. The molecular formula is C13H23N3O. The van der Waals surface area contributed by atoms with Gasteiger partial charge in [0.15, 0.2) is 0 Å². The molecule has 4 heteroatoms. The second-order valence-corrected chi connectivity index (χ2v) is 4.63. The predicted octanol–water partition coefficient (Wildman–Crippen LogP) is 3.03. The highest BCUT2D eigenvalue weighted by Crippen LogP contribution is 2.13. The maximum absolute atomic E-state index is 5.63. The molecule has 0 saturated heterocycles. The Morgan fingerprint density at radius 1 is 1.35 bits per heavy atom. The predicted molar refractivity (Wildman–Crippen MR) is 70.5 cm³/mol. The summed E-state index contributed by atoms with van der Waals surface area (Å²) in [6.45, 7) is 10.0. The topological polar surface area (TPSA) is 47.0 Å². The fourth-order valence-electron chi connectivity index (χ4n) is 1.33. The molecule has 1 aromatic rings. The molecule has 0 saturated carbocycles. The van der Waals surface area contributed by atoms with Gasteiger partial charge in [0.2, 0.25) is 11.8 Å². The average Bonchev–Trinajstić information content (AvgIpc) is 2.25. The van der Waals surface area contributed by atoms with Gasteiger partial charge in [0.05, 0.1) is 6.61 Å². The lowest BCUT2D eigenvalue weighted by molar-refractivity contribution is 0.279. The van der Waals surface area contributed by atoms with Crippen LogP contribution in [0.4, 0.5) is 5.95 Å². The maximum Gasteiger partial charge on any atom is 0.226 e. The summed E-state index contributed by atoms with van der Waals surface area (Å²) in [5.41, 5.74) is 0.929. The Morgan fingerprint density at radius 3 is 2.76 bits per heavy atom. The maximum atomic E-state index is 5.63. The van der Waals surface area contributed by atoms with Gasteiger partial charge in [-0.1, -0.05) is 20.8 Å². The number of hydrogen-bond acceptors (Lipinski definition) is 4. The van der Waals surface area contributed by atoms with Gasteiger partial charge in [0.1, 0.15) is 0 Å². The zero-order chi connectivity index (χ0) is 12.7. The smallest absolute Gasteiger partial charge is 0.226 e. The van der Waals surface area contributed by atoms with E-state index in [9.17, 15) is 0 Å². The van der Waals surface area contributed by atoms with Crippen LogP contribution in [0.3, 0.4) is 0 Å². The number of nitrogens with zero attached hydrogens (tertiary/aromatic N) is 2. The number of aromatic nitrogens is 2. The summed E-state index contributed by atoms with van der Waals surface area (Å²) in [7, 11) is 0. The van der Waals surface area contributed by atoms with Gasteiger partial charge in [0, 0.05) is 18.3 Å². The highest BCUT2D eigenvalue weighted by molar-refractivity contribution is 5.30. The van der Waals surface area contributed by atoms with Crippen LogP contribution in [-0.2, 0) is 0 Å². The Hall–Kier alpha value is -1.32. The van der Waals surface area contributed by atoms with Crippen LogP contribution in [0.2, 0.25) is 0 Å². The minimum absolute atomic E-state index is 0.649. The van der Waals surface area contributed by atoms with Crippen molar-refractivity contribution in [3.63, 3.8) is 0 Å². The lowest BCUT2D eigenvalue weighted by Gasteiger charge is -2.09. The molecule has 0 aliphatic heterocycles. The Morgan fingerprint density at radius 2 is 2.12 bits per heavy atom. The molecule has 0 unspecified atom stereocenters. The van der Waals surface area contributed by atoms with Crippen molar-refractivity contribution < 1.29 is 4.74 Å². The molecule has 4 nitrogen and oxygen atoms in total. The van der Waals surface area contributed by atoms with Crippen LogP contribution in [0.15, 0.2) is 6.07 Å². The van der Waals surface area contributed by atoms with Gasteiger partial charge >= 0.3 is 0 Å². The molecule has 17 heavy (non-hydrogen) atoms. The lowest BCUT2D eigenvalue weighted by Crippen LogP contribution is -2.08. The van der Waals surface area contributed by atoms with Crippen molar-refractivity contribution >= 4 is 5.95 Å². The Labute approximate surface area is 104 Å². The van der Waals surface area contributed by atoms with Crippen molar-refractivity contribution in [1.82, 2.24) is 9.97 Å². The van der Waals surface area contributed by atoms with E-state index in [4.69, 9.17) is 4.74 Å². The first-order chi connectivity index (χ1) is 8.11. The molecule has 0 spiro atoms. The summed E-state index contributed by atoms with van der Waals surface area (Å²) in [5.74, 6) is 1.97. The summed E-state index contributed by atoms with van der Waals surface area (Å²) in [6, 6.07) is 1.87. The molecule has 1 heterocycles. The van der Waals surface area contributed by atoms with Crippen molar-refractivity contribution in [2.75, 3.05) is 18.5 Å². The SMILES string of the molecule is CCCNc1nc(C)cc(OCCC(C)C)n1. The van der Waals surface area contributed by atoms with E-state index in [1.165, 1.54) is 0 Å². The van der Waals surface area contributed by atoms with E-state index in [-0.39, 0.29) is 0 Å². The minimum Gasteiger partial charge on any atom is -0.478 e. The van der Waals surface area contributed by atoms with Crippen molar-refractivity contribution in [3.8, 4) is 5.88 Å². The van der Waals surface area contributed by atoms with Gasteiger partial charge in [-0.05, 0) is 25.7 Å². The van der Waals surface area contributed by atoms with Crippen molar-refractivity contribution in [2.45, 2.75) is 40.5 Å². The molecular weight excluding hydrogens is 214 g/mol. The van der Waals surface area contributed by atoms with Gasteiger partial charge in [-0.25, -0.2) is 4.98 Å². The number of rotatable bonds is 7. The van der Waals surface area contributed by atoms with Gasteiger partial charge in [0.25, 0.3) is 0 Å². The van der Waals surface area contributed by atoms with Crippen molar-refractivity contribution in [1.29, 1.82) is 0 Å². The quantitative estimate of drug-likeness (QED) is 0.792. The highest BCUT2D eigenvalue weighted by atomic mass is 16.5. The molecule has 0 aromatic carbocycles. The zero-order valence-corrected chi connectivity index (χ0v) is 11.3. The van der Waals surface area contributed by atoms with Gasteiger partial charge in [-0.15, -0.1) is 0 Å². The molecule has 1 rings (SSSR count). The largest absolute Gasteiger partial charge is 0.478 e. The van der Waals surface area contributed by atoms with Gasteiger partial charge in [-0.3, -0.25) is 0 Å². The summed E-state index contributed by atoms with van der Waals surface area (Å²) in [4.78, 5) is 8.64. The normalized spacial score (nSPS) is 10.6. The molecule has 96 valence electrons. The molecule has 0 atom stereocenters. The third kappa shape index (κ3) is 5.52. The number of ether oxygens (including phenoxy) is 1. The van der Waals surface area contributed by atoms with Gasteiger partial charge < -0.3 is 10.1 Å². The molecule has 0 amide bonds. The molecule has 0 aliphatic carbocycles. The first-order valence-electron chi connectivity index (χ1n) is 6.34. The fourth-order valence-corrected chi connectivity index (χ4v) is 1.33. The first-order valence-corrected chi connectivity index (χ1v) is 6.34. The zero-order valence-electron chi connectivity index (χ0n) is 11.3. The summed E-state index contributed by atoms with van der Waals surface area (Å²) in [6.07, 6.45) is 2.10. The van der Waals surface area contributed by atoms with Crippen LogP contribution in [0.25, 0.3) is 0 Å². The number of hydrogen-bond donors (Lipinski definition) is 1. The van der Waals surface area contributed by atoms with Crippen molar-refractivity contribution in [2.24, 2.45) is 5.92 Å². The average molecular weight is 237 g/mol. The fraction of sp³-hybridized carbons (Fsp3) is 0.692. The van der Waals surface area contributed by atoms with Crippen molar-refractivity contribution in [3.05, 3.63) is 11.8 Å². The van der Waals surface area contributed by atoms with Gasteiger partial charge in [-0.2, -0.15) is 4.98 Å². The molecule has 1 N–H and O–H groups in total. The van der Waals surface area contributed by atoms with Crippen LogP contribution < -0.4 is 10.1 Å². The van der Waals surface area contributed by atoms with E-state index in [1.54, 1.807) is 0 Å². The molecule has 0 bridgehead atoms. The summed E-state index contributed by atoms with van der Waals surface area (Å²) >= 11 is 0. The number of nitrogens with one attached hydrogen (secondary N) is 1. The van der Waals surface area contributed by atoms with Crippen LogP contribution in [0.1, 0.15) is 39.3 Å². The molecule has 1 aromatic heterocycles. The number of aryl methyl sites for hydroxylation is 1. The molecule has 0 aliphatic rings. The summed E-state index contributed by atoms with van der Waals surface area (Å²) in [5, 5.41) is 3.17. The van der Waals surface area contributed by atoms with E-state index in [0.29, 0.717) is 24.4 Å². The minimum atomic E-state index is 0.649. The van der Waals surface area contributed by atoms with Crippen LogP contribution in [0.5, 0.6) is 5.88 Å². The molecule has 0 radical (unpaired) electrons. The highest BCUT2D eigenvalue weighted by Gasteiger charge is 2.03. The Bertz CT molecular complexity index is 339. The van der Waals surface area contributed by atoms with Crippen LogP contribution >= 0.6 is 0 Å². The number of anilines is 1. The third-order valence-corrected chi connectivity index (χ3v) is 2.31. The van der Waals surface area contributed by atoms with E-state index < -0.39 is 0 Å². The second kappa shape index (κ2) is 7.09. The third-order valence-electron chi connectivity index (χ3n) is 2.31. The second-order valence-electron chi connectivity index (χ2n) is 4.63.